The van der Waals surface area contributed by atoms with Gasteiger partial charge in [0.05, 0.1) is 16.6 Å². The summed E-state index contributed by atoms with van der Waals surface area (Å²) in [5, 5.41) is 4.98. The first-order chi connectivity index (χ1) is 17.6. The molecule has 4 heteroatoms. The van der Waals surface area contributed by atoms with Crippen LogP contribution < -0.4 is 10.6 Å². The van der Waals surface area contributed by atoms with Crippen LogP contribution in [-0.4, -0.2) is 16.0 Å². The van der Waals surface area contributed by atoms with E-state index in [1.54, 1.807) is 0 Å². The second kappa shape index (κ2) is 7.91. The summed E-state index contributed by atoms with van der Waals surface area (Å²) in [6.45, 7) is 1.87. The number of aromatic nitrogens is 2. The smallest absolute Gasteiger partial charge is 0.146 e. The summed E-state index contributed by atoms with van der Waals surface area (Å²) in [5.74, 6) is 0. The van der Waals surface area contributed by atoms with Gasteiger partial charge in [-0.2, -0.15) is 0 Å². The van der Waals surface area contributed by atoms with Gasteiger partial charge in [-0.1, -0.05) is 91.0 Å². The van der Waals surface area contributed by atoms with Crippen molar-refractivity contribution in [3.05, 3.63) is 121 Å². The van der Waals surface area contributed by atoms with Gasteiger partial charge in [0.25, 0.3) is 0 Å². The van der Waals surface area contributed by atoms with E-state index in [2.05, 4.69) is 83.3 Å². The molecule has 0 spiro atoms. The van der Waals surface area contributed by atoms with E-state index in [4.69, 9.17) is 4.98 Å². The Kier molecular flexibility index (Phi) is 4.64. The lowest BCUT2D eigenvalue weighted by atomic mass is 10.1. The maximum atomic E-state index is 14.2. The van der Waals surface area contributed by atoms with Gasteiger partial charge in [0.2, 0.25) is 0 Å². The molecule has 0 aliphatic carbocycles. The molecule has 0 amide bonds. The summed E-state index contributed by atoms with van der Waals surface area (Å²) in [4.78, 5) is 4.98. The molecule has 0 radical (unpaired) electrons. The number of pyridine rings is 1. The molecule has 0 saturated carbocycles. The SMILES string of the molecule is CP(=O)(c1ccc(-c2ccccc2)cc1)c1ccc2c(c1)c1ccccc1n1c3ccccc3nc21. The van der Waals surface area contributed by atoms with Crippen molar-refractivity contribution >= 4 is 56.1 Å². The Balaban J connectivity index is 1.43. The number of hydrogen-bond acceptors (Lipinski definition) is 2. The summed E-state index contributed by atoms with van der Waals surface area (Å²) in [6, 6.07) is 41.3. The Morgan fingerprint density at radius 1 is 0.583 bits per heavy atom. The second-order valence-corrected chi connectivity index (χ2v) is 12.2. The van der Waals surface area contributed by atoms with Crippen LogP contribution in [0.3, 0.4) is 0 Å². The molecule has 0 saturated heterocycles. The van der Waals surface area contributed by atoms with Gasteiger partial charge in [-0.3, -0.25) is 4.40 Å². The Morgan fingerprint density at radius 3 is 2.03 bits per heavy atom. The third kappa shape index (κ3) is 3.13. The molecule has 3 nitrogen and oxygen atoms in total. The van der Waals surface area contributed by atoms with Crippen LogP contribution in [0.2, 0.25) is 0 Å². The molecule has 172 valence electrons. The van der Waals surface area contributed by atoms with Crippen LogP contribution in [0.15, 0.2) is 121 Å². The van der Waals surface area contributed by atoms with Crippen LogP contribution in [0.1, 0.15) is 0 Å². The Hall–Kier alpha value is -4.20. The monoisotopic (exact) mass is 482 g/mol. The standard InChI is InChI=1S/C32H23N2OP/c1-36(35,24-17-15-23(16-18-24)22-9-3-2-4-10-22)25-19-20-27-28(21-25)26-11-5-7-13-30(26)34-31-14-8-6-12-29(31)33-32(27)34/h2-21H,1H3. The van der Waals surface area contributed by atoms with Crippen LogP contribution in [0.5, 0.6) is 0 Å². The minimum atomic E-state index is -2.81. The highest BCUT2D eigenvalue weighted by atomic mass is 31.2. The highest BCUT2D eigenvalue weighted by Crippen LogP contribution is 2.41. The average molecular weight is 483 g/mol. The molecule has 7 aromatic rings. The average Bonchev–Trinajstić information content (AvgIpc) is 3.33. The van der Waals surface area contributed by atoms with E-state index >= 15 is 0 Å². The van der Waals surface area contributed by atoms with Crippen molar-refractivity contribution in [2.75, 3.05) is 6.66 Å². The third-order valence-corrected chi connectivity index (χ3v) is 9.75. The summed E-state index contributed by atoms with van der Waals surface area (Å²) in [5.41, 5.74) is 6.37. The topological polar surface area (TPSA) is 34.4 Å². The van der Waals surface area contributed by atoms with Crippen molar-refractivity contribution in [2.45, 2.75) is 0 Å². The van der Waals surface area contributed by atoms with E-state index in [1.165, 1.54) is 0 Å². The lowest BCUT2D eigenvalue weighted by Gasteiger charge is -2.17. The maximum Gasteiger partial charge on any atom is 0.146 e. The lowest BCUT2D eigenvalue weighted by molar-refractivity contribution is 0.590. The molecular formula is C32H23N2OP. The number of rotatable bonds is 3. The number of nitrogens with zero attached hydrogens (tertiary/aromatic N) is 2. The van der Waals surface area contributed by atoms with Crippen LogP contribution in [0.4, 0.5) is 0 Å². The lowest BCUT2D eigenvalue weighted by Crippen LogP contribution is -2.15. The van der Waals surface area contributed by atoms with Crippen molar-refractivity contribution in [3.63, 3.8) is 0 Å². The molecule has 0 aliphatic rings. The van der Waals surface area contributed by atoms with E-state index in [1.807, 2.05) is 49.1 Å². The van der Waals surface area contributed by atoms with Gasteiger partial charge in [0.1, 0.15) is 12.8 Å². The Labute approximate surface area is 209 Å². The predicted octanol–water partition coefficient (Wildman–Crippen LogP) is 7.40. The van der Waals surface area contributed by atoms with E-state index in [0.29, 0.717) is 0 Å². The van der Waals surface area contributed by atoms with Crippen molar-refractivity contribution in [1.82, 2.24) is 9.38 Å². The number of fused-ring (bicyclic) bond motifs is 8. The van der Waals surface area contributed by atoms with Crippen LogP contribution in [0.25, 0.3) is 49.5 Å². The fraction of sp³-hybridized carbons (Fsp3) is 0.0312. The molecule has 2 heterocycles. The van der Waals surface area contributed by atoms with E-state index in [-0.39, 0.29) is 0 Å². The van der Waals surface area contributed by atoms with Gasteiger partial charge in [-0.25, -0.2) is 4.98 Å². The summed E-state index contributed by atoms with van der Waals surface area (Å²) < 4.78 is 16.5. The van der Waals surface area contributed by atoms with Crippen LogP contribution in [0, 0.1) is 0 Å². The number of benzene rings is 5. The summed E-state index contributed by atoms with van der Waals surface area (Å²) in [6.07, 6.45) is 0. The molecular weight excluding hydrogens is 459 g/mol. The third-order valence-electron chi connectivity index (χ3n) is 7.20. The first-order valence-electron chi connectivity index (χ1n) is 12.1. The fourth-order valence-corrected chi connectivity index (χ4v) is 7.03. The number of hydrogen-bond donors (Lipinski definition) is 0. The zero-order valence-electron chi connectivity index (χ0n) is 19.8. The minimum Gasteiger partial charge on any atom is -0.314 e. The molecule has 2 aromatic heterocycles. The van der Waals surface area contributed by atoms with Gasteiger partial charge in [0.15, 0.2) is 0 Å². The molecule has 1 atom stereocenters. The number of imidazole rings is 1. The maximum absolute atomic E-state index is 14.2. The van der Waals surface area contributed by atoms with E-state index < -0.39 is 7.14 Å². The molecule has 0 bridgehead atoms. The van der Waals surface area contributed by atoms with Crippen LogP contribution >= 0.6 is 7.14 Å². The zero-order valence-corrected chi connectivity index (χ0v) is 20.7. The Bertz CT molecular complexity index is 1970. The quantitative estimate of drug-likeness (QED) is 0.194. The second-order valence-electron chi connectivity index (χ2n) is 9.34. The molecule has 1 unspecified atom stereocenters. The molecule has 0 aliphatic heterocycles. The van der Waals surface area contributed by atoms with Crippen molar-refractivity contribution in [3.8, 4) is 11.1 Å². The molecule has 7 rings (SSSR count). The van der Waals surface area contributed by atoms with Gasteiger partial charge < -0.3 is 4.57 Å². The summed E-state index contributed by atoms with van der Waals surface area (Å²) >= 11 is 0. The largest absolute Gasteiger partial charge is 0.314 e. The highest BCUT2D eigenvalue weighted by Gasteiger charge is 2.23. The van der Waals surface area contributed by atoms with Crippen molar-refractivity contribution < 1.29 is 4.57 Å². The molecule has 36 heavy (non-hydrogen) atoms. The number of para-hydroxylation sites is 3. The first kappa shape index (κ1) is 21.1. The Morgan fingerprint density at radius 2 is 1.22 bits per heavy atom. The minimum absolute atomic E-state index is 0.855. The summed E-state index contributed by atoms with van der Waals surface area (Å²) in [7, 11) is -2.81. The van der Waals surface area contributed by atoms with E-state index in [9.17, 15) is 4.57 Å². The highest BCUT2D eigenvalue weighted by molar-refractivity contribution is 7.78. The van der Waals surface area contributed by atoms with Crippen molar-refractivity contribution in [2.24, 2.45) is 0 Å². The predicted molar refractivity (Wildman–Crippen MR) is 152 cm³/mol. The molecule has 5 aromatic carbocycles. The van der Waals surface area contributed by atoms with Crippen LogP contribution in [-0.2, 0) is 4.57 Å². The van der Waals surface area contributed by atoms with Gasteiger partial charge in [-0.05, 0) is 53.5 Å². The molecule has 0 fully saturated rings. The first-order valence-corrected chi connectivity index (χ1v) is 14.2. The van der Waals surface area contributed by atoms with Gasteiger partial charge in [-0.15, -0.1) is 0 Å². The normalized spacial score (nSPS) is 13.5. The van der Waals surface area contributed by atoms with Gasteiger partial charge >= 0.3 is 0 Å². The fourth-order valence-electron chi connectivity index (χ4n) is 5.28. The molecule has 0 N–H and O–H groups in total. The van der Waals surface area contributed by atoms with Crippen molar-refractivity contribution in [1.29, 1.82) is 0 Å². The zero-order chi connectivity index (χ0) is 24.3. The van der Waals surface area contributed by atoms with Gasteiger partial charge in [0, 0.05) is 21.4 Å². The van der Waals surface area contributed by atoms with E-state index in [0.717, 1.165) is 60.1 Å².